The summed E-state index contributed by atoms with van der Waals surface area (Å²) < 4.78 is 5.41. The number of morpholine rings is 1. The summed E-state index contributed by atoms with van der Waals surface area (Å²) in [5, 5.41) is 3.38. The summed E-state index contributed by atoms with van der Waals surface area (Å²) in [6.07, 6.45) is 3.49. The standard InChI is InChI=1S/C20H22N6O/c1-14-13-18(25-20(22-14)16-5-7-21-8-6-16)24-17-3-4-19(23-15(17)2)26-9-11-27-12-10-26/h3-8,13H,9-12H2,1-2H3,(H,22,24,25). The lowest BCUT2D eigenvalue weighted by atomic mass is 10.2. The number of aryl methyl sites for hydroxylation is 2. The Hall–Kier alpha value is -3.06. The molecule has 0 amide bonds. The zero-order chi connectivity index (χ0) is 18.6. The van der Waals surface area contributed by atoms with Gasteiger partial charge in [-0.15, -0.1) is 0 Å². The quantitative estimate of drug-likeness (QED) is 0.764. The lowest BCUT2D eigenvalue weighted by Gasteiger charge is -2.28. The van der Waals surface area contributed by atoms with E-state index in [1.807, 2.05) is 38.1 Å². The third-order valence-corrected chi connectivity index (χ3v) is 4.46. The van der Waals surface area contributed by atoms with Crippen LogP contribution in [0.1, 0.15) is 11.4 Å². The number of nitrogens with one attached hydrogen (secondary N) is 1. The van der Waals surface area contributed by atoms with Crippen molar-refractivity contribution >= 4 is 17.3 Å². The van der Waals surface area contributed by atoms with E-state index in [1.54, 1.807) is 12.4 Å². The molecule has 1 saturated heterocycles. The summed E-state index contributed by atoms with van der Waals surface area (Å²) in [6.45, 7) is 7.21. The Morgan fingerprint density at radius 2 is 1.74 bits per heavy atom. The summed E-state index contributed by atoms with van der Waals surface area (Å²) in [6, 6.07) is 9.83. The van der Waals surface area contributed by atoms with Crippen molar-refractivity contribution in [3.8, 4) is 11.4 Å². The smallest absolute Gasteiger partial charge is 0.161 e. The van der Waals surface area contributed by atoms with Crippen LogP contribution in [0, 0.1) is 13.8 Å². The summed E-state index contributed by atoms with van der Waals surface area (Å²) in [5.41, 5.74) is 3.70. The molecule has 1 fully saturated rings. The van der Waals surface area contributed by atoms with Gasteiger partial charge in [-0.3, -0.25) is 4.98 Å². The molecule has 4 rings (SSSR count). The minimum absolute atomic E-state index is 0.676. The first-order chi connectivity index (χ1) is 13.2. The number of anilines is 3. The molecule has 27 heavy (non-hydrogen) atoms. The second kappa shape index (κ2) is 7.67. The van der Waals surface area contributed by atoms with Gasteiger partial charge in [0.05, 0.1) is 24.6 Å². The molecule has 4 heterocycles. The second-order valence-electron chi connectivity index (χ2n) is 6.48. The maximum absolute atomic E-state index is 5.41. The van der Waals surface area contributed by atoms with Crippen molar-refractivity contribution in [3.63, 3.8) is 0 Å². The Bertz CT molecular complexity index is 925. The average Bonchev–Trinajstić information content (AvgIpc) is 2.70. The minimum Gasteiger partial charge on any atom is -0.378 e. The van der Waals surface area contributed by atoms with Gasteiger partial charge in [0.1, 0.15) is 11.6 Å². The number of pyridine rings is 2. The van der Waals surface area contributed by atoms with E-state index in [2.05, 4.69) is 31.2 Å². The molecule has 1 aliphatic rings. The Balaban J connectivity index is 1.58. The summed E-state index contributed by atoms with van der Waals surface area (Å²) in [7, 11) is 0. The SMILES string of the molecule is Cc1cc(Nc2ccc(N3CCOCC3)nc2C)nc(-c2ccncc2)n1. The van der Waals surface area contributed by atoms with Crippen molar-refractivity contribution in [2.24, 2.45) is 0 Å². The Morgan fingerprint density at radius 1 is 0.963 bits per heavy atom. The highest BCUT2D eigenvalue weighted by Gasteiger charge is 2.14. The van der Waals surface area contributed by atoms with E-state index in [1.165, 1.54) is 0 Å². The van der Waals surface area contributed by atoms with Crippen molar-refractivity contribution in [2.75, 3.05) is 36.5 Å². The van der Waals surface area contributed by atoms with Crippen molar-refractivity contribution in [2.45, 2.75) is 13.8 Å². The van der Waals surface area contributed by atoms with Crippen LogP contribution in [0.5, 0.6) is 0 Å². The highest BCUT2D eigenvalue weighted by Crippen LogP contribution is 2.24. The third-order valence-electron chi connectivity index (χ3n) is 4.46. The van der Waals surface area contributed by atoms with Crippen molar-refractivity contribution in [1.82, 2.24) is 19.9 Å². The van der Waals surface area contributed by atoms with Gasteiger partial charge in [0.25, 0.3) is 0 Å². The van der Waals surface area contributed by atoms with Crippen molar-refractivity contribution < 1.29 is 4.74 Å². The number of hydrogen-bond donors (Lipinski definition) is 1. The molecule has 7 nitrogen and oxygen atoms in total. The molecule has 0 radical (unpaired) electrons. The fraction of sp³-hybridized carbons (Fsp3) is 0.300. The summed E-state index contributed by atoms with van der Waals surface area (Å²) in [4.78, 5) is 20.2. The van der Waals surface area contributed by atoms with E-state index in [9.17, 15) is 0 Å². The maximum atomic E-state index is 5.41. The minimum atomic E-state index is 0.676. The molecule has 0 unspecified atom stereocenters. The molecule has 0 spiro atoms. The predicted molar refractivity (Wildman–Crippen MR) is 105 cm³/mol. The summed E-state index contributed by atoms with van der Waals surface area (Å²) >= 11 is 0. The lowest BCUT2D eigenvalue weighted by molar-refractivity contribution is 0.122. The maximum Gasteiger partial charge on any atom is 0.161 e. The lowest BCUT2D eigenvalue weighted by Crippen LogP contribution is -2.36. The largest absolute Gasteiger partial charge is 0.378 e. The van der Waals surface area contributed by atoms with E-state index in [0.717, 1.165) is 60.6 Å². The second-order valence-corrected chi connectivity index (χ2v) is 6.48. The van der Waals surface area contributed by atoms with Gasteiger partial charge in [-0.2, -0.15) is 0 Å². The van der Waals surface area contributed by atoms with Gasteiger partial charge in [0.15, 0.2) is 5.82 Å². The van der Waals surface area contributed by atoms with Crippen LogP contribution < -0.4 is 10.2 Å². The van der Waals surface area contributed by atoms with Gasteiger partial charge in [0.2, 0.25) is 0 Å². The van der Waals surface area contributed by atoms with Crippen LogP contribution in [-0.2, 0) is 4.74 Å². The Labute approximate surface area is 158 Å². The molecule has 1 aliphatic heterocycles. The van der Waals surface area contributed by atoms with Gasteiger partial charge < -0.3 is 15.0 Å². The van der Waals surface area contributed by atoms with Gasteiger partial charge in [-0.05, 0) is 38.1 Å². The molecule has 0 aliphatic carbocycles. The van der Waals surface area contributed by atoms with Gasteiger partial charge in [-0.1, -0.05) is 0 Å². The van der Waals surface area contributed by atoms with Crippen LogP contribution in [-0.4, -0.2) is 46.2 Å². The van der Waals surface area contributed by atoms with Crippen LogP contribution >= 0.6 is 0 Å². The fourth-order valence-corrected chi connectivity index (χ4v) is 3.05. The van der Waals surface area contributed by atoms with E-state index in [0.29, 0.717) is 5.82 Å². The van der Waals surface area contributed by atoms with Crippen LogP contribution in [0.15, 0.2) is 42.7 Å². The molecule has 0 saturated carbocycles. The molecular formula is C20H22N6O. The predicted octanol–water partition coefficient (Wildman–Crippen LogP) is 3.13. The first-order valence-electron chi connectivity index (χ1n) is 9.02. The highest BCUT2D eigenvalue weighted by molar-refractivity contribution is 5.64. The molecule has 0 atom stereocenters. The third kappa shape index (κ3) is 4.03. The molecular weight excluding hydrogens is 340 g/mol. The first-order valence-corrected chi connectivity index (χ1v) is 9.02. The molecule has 7 heteroatoms. The highest BCUT2D eigenvalue weighted by atomic mass is 16.5. The monoisotopic (exact) mass is 362 g/mol. The fourth-order valence-electron chi connectivity index (χ4n) is 3.05. The molecule has 1 N–H and O–H groups in total. The number of aromatic nitrogens is 4. The topological polar surface area (TPSA) is 76.1 Å². The summed E-state index contributed by atoms with van der Waals surface area (Å²) in [5.74, 6) is 2.41. The van der Waals surface area contributed by atoms with Crippen molar-refractivity contribution in [3.05, 3.63) is 54.1 Å². The van der Waals surface area contributed by atoms with Gasteiger partial charge in [-0.25, -0.2) is 15.0 Å². The normalized spacial score (nSPS) is 14.2. The van der Waals surface area contributed by atoms with Crippen LogP contribution in [0.3, 0.4) is 0 Å². The molecule has 0 bridgehead atoms. The molecule has 138 valence electrons. The van der Waals surface area contributed by atoms with E-state index in [4.69, 9.17) is 9.72 Å². The molecule has 3 aromatic heterocycles. The zero-order valence-corrected chi connectivity index (χ0v) is 15.5. The van der Waals surface area contributed by atoms with Crippen molar-refractivity contribution in [1.29, 1.82) is 0 Å². The number of hydrogen-bond acceptors (Lipinski definition) is 7. The Morgan fingerprint density at radius 3 is 2.48 bits per heavy atom. The van der Waals surface area contributed by atoms with E-state index in [-0.39, 0.29) is 0 Å². The van der Waals surface area contributed by atoms with Crippen LogP contribution in [0.25, 0.3) is 11.4 Å². The number of ether oxygens (including phenoxy) is 1. The number of nitrogens with zero attached hydrogens (tertiary/aromatic N) is 5. The van der Waals surface area contributed by atoms with Gasteiger partial charge in [0, 0.05) is 42.8 Å². The van der Waals surface area contributed by atoms with E-state index < -0.39 is 0 Å². The van der Waals surface area contributed by atoms with E-state index >= 15 is 0 Å². The first kappa shape index (κ1) is 17.4. The number of rotatable bonds is 4. The molecule has 3 aromatic rings. The van der Waals surface area contributed by atoms with Crippen LogP contribution in [0.2, 0.25) is 0 Å². The zero-order valence-electron chi connectivity index (χ0n) is 15.5. The Kier molecular flexibility index (Phi) is 4.93. The van der Waals surface area contributed by atoms with Gasteiger partial charge >= 0.3 is 0 Å². The average molecular weight is 362 g/mol. The molecule has 0 aromatic carbocycles. The van der Waals surface area contributed by atoms with Crippen LogP contribution in [0.4, 0.5) is 17.3 Å².